The molecule has 1 aromatic heterocycles. The lowest BCUT2D eigenvalue weighted by Gasteiger charge is -2.15. The molecule has 0 unspecified atom stereocenters. The summed E-state index contributed by atoms with van der Waals surface area (Å²) in [4.78, 5) is 19.3. The Morgan fingerprint density at radius 3 is 2.72 bits per heavy atom. The van der Waals surface area contributed by atoms with Crippen molar-refractivity contribution in [3.05, 3.63) is 45.4 Å². The van der Waals surface area contributed by atoms with Crippen molar-refractivity contribution in [2.45, 2.75) is 13.1 Å². The fourth-order valence-corrected chi connectivity index (χ4v) is 2.96. The van der Waals surface area contributed by atoms with E-state index in [1.807, 2.05) is 0 Å². The Kier molecular flexibility index (Phi) is 2.72. The number of carbonyl (C=O) groups is 1. The Hall–Kier alpha value is -1.59. The number of amides is 1. The summed E-state index contributed by atoms with van der Waals surface area (Å²) in [5, 5.41) is 1.19. The molecule has 1 aliphatic rings. The van der Waals surface area contributed by atoms with Gasteiger partial charge in [0, 0.05) is 10.6 Å². The van der Waals surface area contributed by atoms with Crippen molar-refractivity contribution in [3.8, 4) is 0 Å². The predicted molar refractivity (Wildman–Crippen MR) is 71.6 cm³/mol. The molecule has 0 radical (unpaired) electrons. The van der Waals surface area contributed by atoms with E-state index in [0.29, 0.717) is 28.8 Å². The van der Waals surface area contributed by atoms with Crippen LogP contribution < -0.4 is 5.73 Å². The molecule has 92 valence electrons. The van der Waals surface area contributed by atoms with Crippen LogP contribution >= 0.6 is 22.9 Å². The number of nitrogen functional groups attached to an aromatic ring is 1. The van der Waals surface area contributed by atoms with Gasteiger partial charge in [-0.15, -0.1) is 11.3 Å². The maximum Gasteiger partial charge on any atom is 0.254 e. The van der Waals surface area contributed by atoms with Gasteiger partial charge in [-0.25, -0.2) is 4.98 Å². The number of nitrogens with zero attached hydrogens (tertiary/aromatic N) is 2. The summed E-state index contributed by atoms with van der Waals surface area (Å²) in [7, 11) is 0. The van der Waals surface area contributed by atoms with Crippen LogP contribution in [0.2, 0.25) is 5.02 Å². The van der Waals surface area contributed by atoms with E-state index in [1.54, 1.807) is 29.2 Å². The Bertz CT molecular complexity index is 585. The number of hydrogen-bond acceptors (Lipinski definition) is 4. The molecule has 0 aliphatic carbocycles. The second kappa shape index (κ2) is 4.26. The van der Waals surface area contributed by atoms with Crippen LogP contribution in [0.15, 0.2) is 24.3 Å². The Morgan fingerprint density at radius 1 is 1.33 bits per heavy atom. The van der Waals surface area contributed by atoms with Crippen LogP contribution in [0.3, 0.4) is 0 Å². The molecule has 0 spiro atoms. The Balaban J connectivity index is 1.79. The fraction of sp³-hybridized carbons (Fsp3) is 0.167. The third kappa shape index (κ3) is 1.95. The maximum atomic E-state index is 12.2. The molecule has 0 atom stereocenters. The fourth-order valence-electron chi connectivity index (χ4n) is 1.98. The molecule has 0 bridgehead atoms. The summed E-state index contributed by atoms with van der Waals surface area (Å²) < 4.78 is 0. The van der Waals surface area contributed by atoms with Gasteiger partial charge in [-0.1, -0.05) is 11.6 Å². The normalized spacial score (nSPS) is 13.7. The number of carbonyl (C=O) groups excluding carboxylic acids is 1. The second-order valence-electron chi connectivity index (χ2n) is 4.09. The first kappa shape index (κ1) is 11.5. The zero-order valence-corrected chi connectivity index (χ0v) is 11.0. The highest BCUT2D eigenvalue weighted by Crippen LogP contribution is 2.30. The third-order valence-corrected chi connectivity index (χ3v) is 4.01. The van der Waals surface area contributed by atoms with Crippen molar-refractivity contribution < 1.29 is 4.79 Å². The zero-order chi connectivity index (χ0) is 12.7. The minimum Gasteiger partial charge on any atom is -0.375 e. The molecule has 1 aliphatic heterocycles. The highest BCUT2D eigenvalue weighted by atomic mass is 35.5. The minimum atomic E-state index is -0.00422. The summed E-state index contributed by atoms with van der Waals surface area (Å²) in [6.07, 6.45) is 0. The molecule has 0 saturated heterocycles. The predicted octanol–water partition coefficient (Wildman–Crippen LogP) is 2.53. The van der Waals surface area contributed by atoms with E-state index in [-0.39, 0.29) is 5.91 Å². The number of aromatic nitrogens is 1. The molecule has 3 rings (SSSR count). The molecule has 18 heavy (non-hydrogen) atoms. The number of benzene rings is 1. The maximum absolute atomic E-state index is 12.2. The van der Waals surface area contributed by atoms with Gasteiger partial charge in [-0.3, -0.25) is 4.79 Å². The lowest BCUT2D eigenvalue weighted by Crippen LogP contribution is -2.25. The minimum absolute atomic E-state index is 0.00422. The topological polar surface area (TPSA) is 59.2 Å². The number of thiazole rings is 1. The molecule has 2 heterocycles. The molecular formula is C12H10ClN3OS. The lowest BCUT2D eigenvalue weighted by molar-refractivity contribution is 0.0751. The Labute approximate surface area is 113 Å². The first-order valence-corrected chi connectivity index (χ1v) is 6.62. The number of nitrogens with two attached hydrogens (primary N) is 1. The van der Waals surface area contributed by atoms with E-state index in [4.69, 9.17) is 17.3 Å². The van der Waals surface area contributed by atoms with Crippen molar-refractivity contribution in [2.24, 2.45) is 0 Å². The second-order valence-corrected chi connectivity index (χ2v) is 5.64. The summed E-state index contributed by atoms with van der Waals surface area (Å²) in [5.74, 6) is -0.00422. The summed E-state index contributed by atoms with van der Waals surface area (Å²) in [6.45, 7) is 1.12. The van der Waals surface area contributed by atoms with Crippen LogP contribution in [0.4, 0.5) is 5.13 Å². The van der Waals surface area contributed by atoms with Gasteiger partial charge in [0.15, 0.2) is 5.13 Å². The van der Waals surface area contributed by atoms with E-state index < -0.39 is 0 Å². The Morgan fingerprint density at radius 2 is 2.06 bits per heavy atom. The van der Waals surface area contributed by atoms with E-state index in [2.05, 4.69) is 4.98 Å². The summed E-state index contributed by atoms with van der Waals surface area (Å²) >= 11 is 7.25. The molecule has 2 N–H and O–H groups in total. The highest BCUT2D eigenvalue weighted by Gasteiger charge is 2.27. The van der Waals surface area contributed by atoms with Crippen molar-refractivity contribution in [1.82, 2.24) is 9.88 Å². The average Bonchev–Trinajstić information content (AvgIpc) is 2.86. The van der Waals surface area contributed by atoms with E-state index >= 15 is 0 Å². The number of fused-ring (bicyclic) bond motifs is 1. The quantitative estimate of drug-likeness (QED) is 0.873. The third-order valence-electron chi connectivity index (χ3n) is 2.85. The molecule has 1 aromatic carbocycles. The van der Waals surface area contributed by atoms with Gasteiger partial charge in [0.2, 0.25) is 0 Å². The van der Waals surface area contributed by atoms with E-state index in [9.17, 15) is 4.79 Å². The highest BCUT2D eigenvalue weighted by molar-refractivity contribution is 7.15. The van der Waals surface area contributed by atoms with Crippen molar-refractivity contribution >= 4 is 34.0 Å². The molecule has 1 amide bonds. The van der Waals surface area contributed by atoms with Gasteiger partial charge in [-0.05, 0) is 24.3 Å². The number of anilines is 1. The van der Waals surface area contributed by atoms with Crippen molar-refractivity contribution in [1.29, 1.82) is 0 Å². The van der Waals surface area contributed by atoms with Gasteiger partial charge in [0.1, 0.15) is 0 Å². The monoisotopic (exact) mass is 279 g/mol. The smallest absolute Gasteiger partial charge is 0.254 e. The molecule has 2 aromatic rings. The largest absolute Gasteiger partial charge is 0.375 e. The average molecular weight is 280 g/mol. The molecule has 4 nitrogen and oxygen atoms in total. The molecule has 6 heteroatoms. The first-order valence-electron chi connectivity index (χ1n) is 5.42. The molecular weight excluding hydrogens is 270 g/mol. The number of rotatable bonds is 1. The summed E-state index contributed by atoms with van der Waals surface area (Å²) in [5.41, 5.74) is 7.19. The standard InChI is InChI=1S/C12H10ClN3OS/c13-8-3-1-7(2-4-8)11(17)16-5-9-10(6-16)18-12(14)15-9/h1-4H,5-6H2,(H2,14,15). The van der Waals surface area contributed by atoms with Gasteiger partial charge in [0.05, 0.1) is 23.7 Å². The van der Waals surface area contributed by atoms with Gasteiger partial charge in [-0.2, -0.15) is 0 Å². The van der Waals surface area contributed by atoms with Crippen LogP contribution in [0.1, 0.15) is 20.9 Å². The van der Waals surface area contributed by atoms with Crippen LogP contribution in [0, 0.1) is 0 Å². The van der Waals surface area contributed by atoms with E-state index in [1.165, 1.54) is 11.3 Å². The SMILES string of the molecule is Nc1nc2c(s1)CN(C(=O)c1ccc(Cl)cc1)C2. The van der Waals surface area contributed by atoms with Crippen molar-refractivity contribution in [2.75, 3.05) is 5.73 Å². The van der Waals surface area contributed by atoms with Gasteiger partial charge >= 0.3 is 0 Å². The van der Waals surface area contributed by atoms with Crippen molar-refractivity contribution in [3.63, 3.8) is 0 Å². The molecule has 0 saturated carbocycles. The van der Waals surface area contributed by atoms with Crippen LogP contribution in [0.25, 0.3) is 0 Å². The molecule has 0 fully saturated rings. The van der Waals surface area contributed by atoms with Crippen LogP contribution in [0.5, 0.6) is 0 Å². The number of halogens is 1. The lowest BCUT2D eigenvalue weighted by atomic mass is 10.2. The first-order chi connectivity index (χ1) is 8.63. The van der Waals surface area contributed by atoms with E-state index in [0.717, 1.165) is 10.6 Å². The van der Waals surface area contributed by atoms with Crippen LogP contribution in [-0.4, -0.2) is 15.8 Å². The van der Waals surface area contributed by atoms with Gasteiger partial charge in [0.25, 0.3) is 5.91 Å². The zero-order valence-electron chi connectivity index (χ0n) is 9.39. The van der Waals surface area contributed by atoms with Crippen LogP contribution in [-0.2, 0) is 13.1 Å². The number of hydrogen-bond donors (Lipinski definition) is 1. The summed E-state index contributed by atoms with van der Waals surface area (Å²) in [6, 6.07) is 6.91. The van der Waals surface area contributed by atoms with Gasteiger partial charge < -0.3 is 10.6 Å².